The molecule has 5 rings (SSSR count). The Morgan fingerprint density at radius 1 is 1.23 bits per heavy atom. The predicted molar refractivity (Wildman–Crippen MR) is 119 cm³/mol. The summed E-state index contributed by atoms with van der Waals surface area (Å²) in [6.07, 6.45) is 8.84. The maximum Gasteiger partial charge on any atom is 0.228 e. The van der Waals surface area contributed by atoms with E-state index in [0.29, 0.717) is 18.5 Å². The van der Waals surface area contributed by atoms with Gasteiger partial charge in [0.15, 0.2) is 0 Å². The molecule has 0 spiro atoms. The molecule has 0 bridgehead atoms. The van der Waals surface area contributed by atoms with Gasteiger partial charge in [-0.05, 0) is 76.3 Å². The monoisotopic (exact) mass is 427 g/mol. The maximum absolute atomic E-state index is 13.5. The van der Waals surface area contributed by atoms with Gasteiger partial charge in [0.2, 0.25) is 5.91 Å². The maximum atomic E-state index is 13.5. The number of fused-ring (bicyclic) bond motifs is 2. The van der Waals surface area contributed by atoms with Crippen molar-refractivity contribution in [2.24, 2.45) is 11.3 Å². The zero-order valence-electron chi connectivity index (χ0n) is 18.9. The number of carbonyl (C=O) groups is 1. The normalized spacial score (nSPS) is 31.5. The SMILES string of the molecule is Cc1nc(CNC(=O)[C@@]23CC[C@H](N4CCOCC4)C[C@H]2CCNC3)nc2c1CCCC2. The van der Waals surface area contributed by atoms with E-state index in [4.69, 9.17) is 14.7 Å². The summed E-state index contributed by atoms with van der Waals surface area (Å²) < 4.78 is 5.54. The first-order chi connectivity index (χ1) is 15.2. The zero-order valence-corrected chi connectivity index (χ0v) is 18.9. The van der Waals surface area contributed by atoms with Crippen molar-refractivity contribution >= 4 is 5.91 Å². The summed E-state index contributed by atoms with van der Waals surface area (Å²) in [6, 6.07) is 0.597. The lowest BCUT2D eigenvalue weighted by atomic mass is 9.61. The van der Waals surface area contributed by atoms with Crippen LogP contribution in [0.2, 0.25) is 0 Å². The number of aromatic nitrogens is 2. The Balaban J connectivity index is 1.26. The van der Waals surface area contributed by atoms with Crippen molar-refractivity contribution in [2.75, 3.05) is 39.4 Å². The van der Waals surface area contributed by atoms with Gasteiger partial charge in [0, 0.05) is 37.1 Å². The van der Waals surface area contributed by atoms with E-state index in [2.05, 4.69) is 22.5 Å². The standard InChI is InChI=1S/C24H37N5O2/c1-17-20-4-2-3-5-21(20)28-22(27-17)15-26-23(30)24-8-6-19(29-10-12-31-13-11-29)14-18(24)7-9-25-16-24/h18-19,25H,2-16H2,1H3,(H,26,30)/t18-,19+,24-/m1/s1. The highest BCUT2D eigenvalue weighted by atomic mass is 16.5. The number of nitrogens with one attached hydrogen (secondary N) is 2. The van der Waals surface area contributed by atoms with Gasteiger partial charge in [-0.25, -0.2) is 9.97 Å². The summed E-state index contributed by atoms with van der Waals surface area (Å²) in [5, 5.41) is 6.77. The number of hydrogen-bond acceptors (Lipinski definition) is 6. The minimum absolute atomic E-state index is 0.198. The van der Waals surface area contributed by atoms with Crippen LogP contribution in [0.3, 0.4) is 0 Å². The van der Waals surface area contributed by atoms with Crippen LogP contribution in [0.1, 0.15) is 61.3 Å². The molecule has 1 aromatic heterocycles. The van der Waals surface area contributed by atoms with E-state index in [1.54, 1.807) is 0 Å². The summed E-state index contributed by atoms with van der Waals surface area (Å²) in [5.41, 5.74) is 3.34. The van der Waals surface area contributed by atoms with Crippen molar-refractivity contribution in [3.63, 3.8) is 0 Å². The number of ether oxygens (including phenoxy) is 1. The Hall–Kier alpha value is -1.57. The van der Waals surface area contributed by atoms with Gasteiger partial charge in [-0.3, -0.25) is 9.69 Å². The molecule has 2 aliphatic heterocycles. The number of aryl methyl sites for hydroxylation is 2. The molecule has 31 heavy (non-hydrogen) atoms. The molecule has 3 fully saturated rings. The smallest absolute Gasteiger partial charge is 0.228 e. The Morgan fingerprint density at radius 2 is 2.06 bits per heavy atom. The quantitative estimate of drug-likeness (QED) is 0.762. The van der Waals surface area contributed by atoms with Gasteiger partial charge < -0.3 is 15.4 Å². The molecule has 1 saturated carbocycles. The van der Waals surface area contributed by atoms with Crippen LogP contribution < -0.4 is 10.6 Å². The summed E-state index contributed by atoms with van der Waals surface area (Å²) in [5.74, 6) is 1.41. The van der Waals surface area contributed by atoms with Crippen LogP contribution in [0.15, 0.2) is 0 Å². The summed E-state index contributed by atoms with van der Waals surface area (Å²) in [6.45, 7) is 8.08. The lowest BCUT2D eigenvalue weighted by Gasteiger charge is -2.50. The highest BCUT2D eigenvalue weighted by Gasteiger charge is 2.50. The average Bonchev–Trinajstić information content (AvgIpc) is 2.82. The Bertz CT molecular complexity index is 809. The van der Waals surface area contributed by atoms with E-state index in [0.717, 1.165) is 89.4 Å². The van der Waals surface area contributed by atoms with Gasteiger partial charge in [0.1, 0.15) is 5.82 Å². The molecule has 2 aliphatic carbocycles. The Kier molecular flexibility index (Phi) is 6.26. The molecule has 1 aromatic rings. The fourth-order valence-corrected chi connectivity index (χ4v) is 6.43. The molecule has 2 N–H and O–H groups in total. The van der Waals surface area contributed by atoms with Crippen molar-refractivity contribution in [1.29, 1.82) is 0 Å². The van der Waals surface area contributed by atoms with Crippen LogP contribution in [-0.4, -0.2) is 66.2 Å². The number of piperidine rings is 1. The third-order valence-corrected chi connectivity index (χ3v) is 8.23. The predicted octanol–water partition coefficient (Wildman–Crippen LogP) is 1.76. The van der Waals surface area contributed by atoms with Crippen LogP contribution in [0.4, 0.5) is 0 Å². The van der Waals surface area contributed by atoms with E-state index in [9.17, 15) is 4.79 Å². The van der Waals surface area contributed by atoms with Gasteiger partial charge in [-0.15, -0.1) is 0 Å². The van der Waals surface area contributed by atoms with Gasteiger partial charge in [-0.2, -0.15) is 0 Å². The van der Waals surface area contributed by atoms with Crippen LogP contribution >= 0.6 is 0 Å². The van der Waals surface area contributed by atoms with Crippen molar-refractivity contribution in [3.8, 4) is 0 Å². The van der Waals surface area contributed by atoms with E-state index < -0.39 is 0 Å². The molecule has 3 heterocycles. The van der Waals surface area contributed by atoms with Gasteiger partial charge in [0.05, 0.1) is 25.2 Å². The molecule has 7 heteroatoms. The van der Waals surface area contributed by atoms with Crippen molar-refractivity contribution in [2.45, 2.75) is 70.9 Å². The average molecular weight is 428 g/mol. The molecule has 2 saturated heterocycles. The lowest BCUT2D eigenvalue weighted by Crippen LogP contribution is -2.60. The van der Waals surface area contributed by atoms with Crippen LogP contribution in [-0.2, 0) is 28.9 Å². The summed E-state index contributed by atoms with van der Waals surface area (Å²) in [4.78, 5) is 25.7. The van der Waals surface area contributed by atoms with Crippen LogP contribution in [0.25, 0.3) is 0 Å². The van der Waals surface area contributed by atoms with E-state index in [1.807, 2.05) is 0 Å². The molecule has 0 radical (unpaired) electrons. The third kappa shape index (κ3) is 4.24. The van der Waals surface area contributed by atoms with Gasteiger partial charge >= 0.3 is 0 Å². The molecule has 4 aliphatic rings. The molecule has 3 atom stereocenters. The zero-order chi connectivity index (χ0) is 21.3. The highest BCUT2D eigenvalue weighted by Crippen LogP contribution is 2.46. The third-order valence-electron chi connectivity index (χ3n) is 8.23. The number of rotatable bonds is 4. The fraction of sp³-hybridized carbons (Fsp3) is 0.792. The van der Waals surface area contributed by atoms with Gasteiger partial charge in [-0.1, -0.05) is 0 Å². The molecule has 170 valence electrons. The largest absolute Gasteiger partial charge is 0.379 e. The topological polar surface area (TPSA) is 79.4 Å². The van der Waals surface area contributed by atoms with Crippen molar-refractivity contribution in [1.82, 2.24) is 25.5 Å². The van der Waals surface area contributed by atoms with E-state index >= 15 is 0 Å². The summed E-state index contributed by atoms with van der Waals surface area (Å²) in [7, 11) is 0. The second-order valence-corrected chi connectivity index (χ2v) is 9.94. The van der Waals surface area contributed by atoms with Crippen molar-refractivity contribution < 1.29 is 9.53 Å². The number of nitrogens with zero attached hydrogens (tertiary/aromatic N) is 3. The number of hydrogen-bond donors (Lipinski definition) is 2. The number of amides is 1. The molecule has 0 unspecified atom stereocenters. The van der Waals surface area contributed by atoms with Crippen LogP contribution in [0, 0.1) is 18.3 Å². The fourth-order valence-electron chi connectivity index (χ4n) is 6.43. The lowest BCUT2D eigenvalue weighted by molar-refractivity contribution is -0.140. The number of carbonyl (C=O) groups excluding carboxylic acids is 1. The molecule has 1 amide bonds. The summed E-state index contributed by atoms with van der Waals surface area (Å²) >= 11 is 0. The molecular formula is C24H37N5O2. The first kappa shape index (κ1) is 21.3. The second-order valence-electron chi connectivity index (χ2n) is 9.94. The number of morpholine rings is 1. The Morgan fingerprint density at radius 3 is 2.94 bits per heavy atom. The van der Waals surface area contributed by atoms with Crippen LogP contribution in [0.5, 0.6) is 0 Å². The minimum atomic E-state index is -0.287. The van der Waals surface area contributed by atoms with Gasteiger partial charge in [0.25, 0.3) is 0 Å². The first-order valence-electron chi connectivity index (χ1n) is 12.3. The van der Waals surface area contributed by atoms with E-state index in [1.165, 1.54) is 24.1 Å². The Labute approximate surface area is 185 Å². The van der Waals surface area contributed by atoms with Crippen molar-refractivity contribution in [3.05, 3.63) is 22.8 Å². The second kappa shape index (κ2) is 9.12. The minimum Gasteiger partial charge on any atom is -0.379 e. The highest BCUT2D eigenvalue weighted by molar-refractivity contribution is 5.83. The molecular weight excluding hydrogens is 390 g/mol. The first-order valence-corrected chi connectivity index (χ1v) is 12.3. The molecule has 7 nitrogen and oxygen atoms in total. The molecule has 0 aromatic carbocycles. The van der Waals surface area contributed by atoms with E-state index in [-0.39, 0.29) is 11.3 Å².